The van der Waals surface area contributed by atoms with Crippen LogP contribution in [-0.2, 0) is 9.84 Å². The maximum atomic E-state index is 11.5. The Hall–Kier alpha value is -0.940. The second-order valence-corrected chi connectivity index (χ2v) is 7.40. The molecule has 19 heavy (non-hydrogen) atoms. The van der Waals surface area contributed by atoms with Gasteiger partial charge in [-0.25, -0.2) is 8.42 Å². The summed E-state index contributed by atoms with van der Waals surface area (Å²) in [6, 6.07) is 5.29. The third-order valence-electron chi connectivity index (χ3n) is 3.00. The molecule has 2 rings (SSSR count). The molecular weight excluding hydrogens is 286 g/mol. The van der Waals surface area contributed by atoms with Gasteiger partial charge in [-0.1, -0.05) is 18.5 Å². The van der Waals surface area contributed by atoms with Crippen LogP contribution in [0.5, 0.6) is 5.75 Å². The molecule has 1 aromatic carbocycles. The van der Waals surface area contributed by atoms with E-state index in [0.717, 1.165) is 17.9 Å². The van der Waals surface area contributed by atoms with Crippen LogP contribution in [0.1, 0.15) is 19.8 Å². The standard InChI is InChI=1S/C13H18ClNO3S/c1-2-6-18-13-4-3-10(14)8-12(13)15-11-5-7-19(16,17)9-11/h3-4,8,11,15H,2,5-7,9H2,1H3. The average molecular weight is 304 g/mol. The zero-order valence-electron chi connectivity index (χ0n) is 10.9. The zero-order valence-corrected chi connectivity index (χ0v) is 12.4. The number of ether oxygens (including phenoxy) is 1. The first-order chi connectivity index (χ1) is 9.00. The van der Waals surface area contributed by atoms with Gasteiger partial charge in [0.1, 0.15) is 5.75 Å². The van der Waals surface area contributed by atoms with E-state index in [-0.39, 0.29) is 17.5 Å². The van der Waals surface area contributed by atoms with Crippen molar-refractivity contribution in [2.75, 3.05) is 23.4 Å². The Balaban J connectivity index is 2.12. The van der Waals surface area contributed by atoms with Gasteiger partial charge in [0.25, 0.3) is 0 Å². The van der Waals surface area contributed by atoms with E-state index in [1.54, 1.807) is 12.1 Å². The molecule has 1 aromatic rings. The summed E-state index contributed by atoms with van der Waals surface area (Å²) in [5, 5.41) is 3.83. The molecule has 1 atom stereocenters. The molecule has 1 saturated heterocycles. The molecule has 1 N–H and O–H groups in total. The van der Waals surface area contributed by atoms with Gasteiger partial charge in [0.2, 0.25) is 0 Å². The van der Waals surface area contributed by atoms with Crippen LogP contribution in [0.15, 0.2) is 18.2 Å². The van der Waals surface area contributed by atoms with Crippen molar-refractivity contribution >= 4 is 27.1 Å². The van der Waals surface area contributed by atoms with Gasteiger partial charge in [-0.05, 0) is 31.0 Å². The summed E-state index contributed by atoms with van der Waals surface area (Å²) in [4.78, 5) is 0. The van der Waals surface area contributed by atoms with Gasteiger partial charge in [-0.15, -0.1) is 0 Å². The number of benzene rings is 1. The SMILES string of the molecule is CCCOc1ccc(Cl)cc1NC1CCS(=O)(=O)C1. The van der Waals surface area contributed by atoms with E-state index in [2.05, 4.69) is 5.32 Å². The molecule has 0 saturated carbocycles. The monoisotopic (exact) mass is 303 g/mol. The number of halogens is 1. The van der Waals surface area contributed by atoms with E-state index in [9.17, 15) is 8.42 Å². The molecule has 0 bridgehead atoms. The number of sulfone groups is 1. The molecule has 0 amide bonds. The molecule has 106 valence electrons. The Morgan fingerprint density at radius 3 is 2.89 bits per heavy atom. The predicted octanol–water partition coefficient (Wildman–Crippen LogP) is 2.73. The Bertz CT molecular complexity index is 545. The van der Waals surface area contributed by atoms with Gasteiger partial charge in [0.15, 0.2) is 9.84 Å². The zero-order chi connectivity index (χ0) is 13.9. The molecule has 0 aliphatic carbocycles. The van der Waals surface area contributed by atoms with Crippen molar-refractivity contribution in [2.24, 2.45) is 0 Å². The number of nitrogens with one attached hydrogen (secondary N) is 1. The quantitative estimate of drug-likeness (QED) is 0.909. The fourth-order valence-corrected chi connectivity index (χ4v) is 3.93. The number of anilines is 1. The van der Waals surface area contributed by atoms with E-state index in [1.807, 2.05) is 13.0 Å². The normalized spacial score (nSPS) is 21.3. The third kappa shape index (κ3) is 4.01. The maximum absolute atomic E-state index is 11.5. The minimum Gasteiger partial charge on any atom is -0.491 e. The van der Waals surface area contributed by atoms with E-state index >= 15 is 0 Å². The van der Waals surface area contributed by atoms with Gasteiger partial charge < -0.3 is 10.1 Å². The topological polar surface area (TPSA) is 55.4 Å². The van der Waals surface area contributed by atoms with Gasteiger partial charge in [0, 0.05) is 11.1 Å². The van der Waals surface area contributed by atoms with Crippen LogP contribution in [0, 0.1) is 0 Å². The lowest BCUT2D eigenvalue weighted by atomic mass is 10.2. The highest BCUT2D eigenvalue weighted by Gasteiger charge is 2.28. The van der Waals surface area contributed by atoms with E-state index in [1.165, 1.54) is 0 Å². The van der Waals surface area contributed by atoms with Gasteiger partial charge in [0.05, 0.1) is 23.8 Å². The van der Waals surface area contributed by atoms with Crippen LogP contribution in [0.3, 0.4) is 0 Å². The summed E-state index contributed by atoms with van der Waals surface area (Å²) in [6.07, 6.45) is 1.54. The molecule has 1 unspecified atom stereocenters. The highest BCUT2D eigenvalue weighted by molar-refractivity contribution is 7.91. The summed E-state index contributed by atoms with van der Waals surface area (Å²) in [5.74, 6) is 1.14. The molecule has 0 spiro atoms. The lowest BCUT2D eigenvalue weighted by molar-refractivity contribution is 0.318. The molecule has 1 aliphatic rings. The predicted molar refractivity (Wildman–Crippen MR) is 77.9 cm³/mol. The van der Waals surface area contributed by atoms with Crippen molar-refractivity contribution in [1.29, 1.82) is 0 Å². The van der Waals surface area contributed by atoms with Crippen LogP contribution in [0.4, 0.5) is 5.69 Å². The van der Waals surface area contributed by atoms with Crippen LogP contribution in [0.25, 0.3) is 0 Å². The molecule has 0 radical (unpaired) electrons. The first kappa shape index (κ1) is 14.5. The minimum atomic E-state index is -2.89. The minimum absolute atomic E-state index is 0.0626. The van der Waals surface area contributed by atoms with E-state index in [4.69, 9.17) is 16.3 Å². The Morgan fingerprint density at radius 2 is 2.26 bits per heavy atom. The Morgan fingerprint density at radius 1 is 1.47 bits per heavy atom. The van der Waals surface area contributed by atoms with Crippen LogP contribution in [0.2, 0.25) is 5.02 Å². The molecule has 1 aliphatic heterocycles. The van der Waals surface area contributed by atoms with Crippen LogP contribution >= 0.6 is 11.6 Å². The summed E-state index contributed by atoms with van der Waals surface area (Å²) < 4.78 is 28.5. The lowest BCUT2D eigenvalue weighted by Gasteiger charge is -2.17. The largest absolute Gasteiger partial charge is 0.491 e. The van der Waals surface area contributed by atoms with E-state index in [0.29, 0.717) is 18.1 Å². The summed E-state index contributed by atoms with van der Waals surface area (Å²) in [7, 11) is -2.89. The first-order valence-electron chi connectivity index (χ1n) is 6.39. The maximum Gasteiger partial charge on any atom is 0.152 e. The van der Waals surface area contributed by atoms with Crippen molar-refractivity contribution in [3.8, 4) is 5.75 Å². The number of hydrogen-bond acceptors (Lipinski definition) is 4. The Labute approximate surface area is 119 Å². The molecule has 1 fully saturated rings. The van der Waals surface area contributed by atoms with E-state index < -0.39 is 9.84 Å². The smallest absolute Gasteiger partial charge is 0.152 e. The van der Waals surface area contributed by atoms with Crippen molar-refractivity contribution in [1.82, 2.24) is 0 Å². The molecule has 0 aromatic heterocycles. The average Bonchev–Trinajstić information content (AvgIpc) is 2.68. The molecule has 1 heterocycles. The second-order valence-electron chi connectivity index (χ2n) is 4.73. The molecule has 4 nitrogen and oxygen atoms in total. The second kappa shape index (κ2) is 6.01. The van der Waals surface area contributed by atoms with Crippen LogP contribution < -0.4 is 10.1 Å². The van der Waals surface area contributed by atoms with Crippen molar-refractivity contribution in [2.45, 2.75) is 25.8 Å². The van der Waals surface area contributed by atoms with Crippen molar-refractivity contribution in [3.05, 3.63) is 23.2 Å². The molecule has 6 heteroatoms. The summed E-state index contributed by atoms with van der Waals surface area (Å²) in [6.45, 7) is 2.66. The summed E-state index contributed by atoms with van der Waals surface area (Å²) >= 11 is 5.98. The fourth-order valence-electron chi connectivity index (χ4n) is 2.08. The van der Waals surface area contributed by atoms with Gasteiger partial charge in [-0.3, -0.25) is 0 Å². The Kier molecular flexibility index (Phi) is 4.58. The number of hydrogen-bond donors (Lipinski definition) is 1. The highest BCUT2D eigenvalue weighted by Crippen LogP contribution is 2.30. The first-order valence-corrected chi connectivity index (χ1v) is 8.59. The number of rotatable bonds is 5. The summed E-state index contributed by atoms with van der Waals surface area (Å²) in [5.41, 5.74) is 0.767. The van der Waals surface area contributed by atoms with Crippen LogP contribution in [-0.4, -0.2) is 32.6 Å². The van der Waals surface area contributed by atoms with Gasteiger partial charge >= 0.3 is 0 Å². The fraction of sp³-hybridized carbons (Fsp3) is 0.538. The molecular formula is C13H18ClNO3S. The third-order valence-corrected chi connectivity index (χ3v) is 5.00. The highest BCUT2D eigenvalue weighted by atomic mass is 35.5. The van der Waals surface area contributed by atoms with Crippen molar-refractivity contribution < 1.29 is 13.2 Å². The van der Waals surface area contributed by atoms with Crippen molar-refractivity contribution in [3.63, 3.8) is 0 Å². The van der Waals surface area contributed by atoms with Gasteiger partial charge in [-0.2, -0.15) is 0 Å². The lowest BCUT2D eigenvalue weighted by Crippen LogP contribution is -2.21.